The molecular formula is C12H28N4. The van der Waals surface area contributed by atoms with Crippen molar-refractivity contribution in [3.05, 3.63) is 0 Å². The topological polar surface area (TPSA) is 13.0 Å². The Kier molecular flexibility index (Phi) is 4.73. The Hall–Kier alpha value is -0.160. The van der Waals surface area contributed by atoms with E-state index < -0.39 is 0 Å². The van der Waals surface area contributed by atoms with E-state index in [4.69, 9.17) is 0 Å². The van der Waals surface area contributed by atoms with Gasteiger partial charge in [0.25, 0.3) is 0 Å². The van der Waals surface area contributed by atoms with Gasteiger partial charge >= 0.3 is 0 Å². The molecule has 0 spiro atoms. The molecule has 0 bridgehead atoms. The molecule has 4 heteroatoms. The summed E-state index contributed by atoms with van der Waals surface area (Å²) >= 11 is 0. The summed E-state index contributed by atoms with van der Waals surface area (Å²) in [5.74, 6) is 0. The monoisotopic (exact) mass is 228 g/mol. The maximum Gasteiger partial charge on any atom is 0.119 e. The fourth-order valence-electron chi connectivity index (χ4n) is 2.71. The van der Waals surface area contributed by atoms with E-state index in [0.717, 1.165) is 13.1 Å². The largest absolute Gasteiger partial charge is 0.303 e. The number of rotatable bonds is 1. The first-order valence-corrected chi connectivity index (χ1v) is 6.13. The minimum Gasteiger partial charge on any atom is -0.303 e. The normalized spacial score (nSPS) is 36.4. The summed E-state index contributed by atoms with van der Waals surface area (Å²) in [6.07, 6.45) is 0.388. The van der Waals surface area contributed by atoms with E-state index in [9.17, 15) is 0 Å². The Morgan fingerprint density at radius 2 is 1.25 bits per heavy atom. The van der Waals surface area contributed by atoms with Gasteiger partial charge in [-0.15, -0.1) is 0 Å². The Labute approximate surface area is 101 Å². The standard InChI is InChI=1S/C12H28N4/c1-10-8-14(5)9-11(2)16(7)12(13(3)4)15(10)6/h10-12H,8-9H2,1-7H3. The molecule has 0 saturated carbocycles. The van der Waals surface area contributed by atoms with Gasteiger partial charge in [0.15, 0.2) is 0 Å². The summed E-state index contributed by atoms with van der Waals surface area (Å²) in [5, 5.41) is 0. The first-order chi connectivity index (χ1) is 7.34. The fourth-order valence-corrected chi connectivity index (χ4v) is 2.71. The van der Waals surface area contributed by atoms with E-state index in [1.807, 2.05) is 0 Å². The molecule has 0 N–H and O–H groups in total. The van der Waals surface area contributed by atoms with Gasteiger partial charge in [0.2, 0.25) is 0 Å². The smallest absolute Gasteiger partial charge is 0.119 e. The quantitative estimate of drug-likeness (QED) is 0.645. The van der Waals surface area contributed by atoms with Gasteiger partial charge in [-0.05, 0) is 49.1 Å². The predicted molar refractivity (Wildman–Crippen MR) is 69.4 cm³/mol. The van der Waals surface area contributed by atoms with Gasteiger partial charge < -0.3 is 4.90 Å². The van der Waals surface area contributed by atoms with Crippen molar-refractivity contribution >= 4 is 0 Å². The van der Waals surface area contributed by atoms with E-state index in [0.29, 0.717) is 18.4 Å². The second-order valence-electron chi connectivity index (χ2n) is 5.56. The molecule has 16 heavy (non-hydrogen) atoms. The van der Waals surface area contributed by atoms with Crippen molar-refractivity contribution in [1.29, 1.82) is 0 Å². The van der Waals surface area contributed by atoms with E-state index in [2.05, 4.69) is 68.7 Å². The molecule has 0 aromatic carbocycles. The highest BCUT2D eigenvalue weighted by Crippen LogP contribution is 2.16. The van der Waals surface area contributed by atoms with Crippen molar-refractivity contribution in [3.63, 3.8) is 0 Å². The maximum absolute atomic E-state index is 2.45. The van der Waals surface area contributed by atoms with Gasteiger partial charge in [0, 0.05) is 25.2 Å². The van der Waals surface area contributed by atoms with Crippen molar-refractivity contribution in [3.8, 4) is 0 Å². The SMILES string of the molecule is CC1CN(C)CC(C)N(C)C(N(C)C)N1C. The van der Waals surface area contributed by atoms with Crippen molar-refractivity contribution < 1.29 is 0 Å². The van der Waals surface area contributed by atoms with Crippen LogP contribution in [0.5, 0.6) is 0 Å². The first-order valence-electron chi connectivity index (χ1n) is 6.13. The molecule has 0 radical (unpaired) electrons. The molecule has 1 rings (SSSR count). The lowest BCUT2D eigenvalue weighted by Crippen LogP contribution is -2.63. The second kappa shape index (κ2) is 5.45. The van der Waals surface area contributed by atoms with Crippen molar-refractivity contribution in [2.24, 2.45) is 0 Å². The van der Waals surface area contributed by atoms with E-state index >= 15 is 0 Å². The predicted octanol–water partition coefficient (Wildman–Crippen LogP) is 0.418. The van der Waals surface area contributed by atoms with Crippen LogP contribution in [-0.2, 0) is 0 Å². The zero-order valence-corrected chi connectivity index (χ0v) is 11.9. The van der Waals surface area contributed by atoms with Crippen LogP contribution in [0.1, 0.15) is 13.8 Å². The van der Waals surface area contributed by atoms with Gasteiger partial charge in [0.05, 0.1) is 0 Å². The highest BCUT2D eigenvalue weighted by atomic mass is 15.5. The van der Waals surface area contributed by atoms with E-state index in [-0.39, 0.29) is 0 Å². The molecule has 2 unspecified atom stereocenters. The van der Waals surface area contributed by atoms with Crippen molar-refractivity contribution in [1.82, 2.24) is 19.6 Å². The van der Waals surface area contributed by atoms with Crippen LogP contribution >= 0.6 is 0 Å². The van der Waals surface area contributed by atoms with Gasteiger partial charge in [-0.1, -0.05) is 0 Å². The maximum atomic E-state index is 2.45. The molecule has 0 aliphatic carbocycles. The summed E-state index contributed by atoms with van der Waals surface area (Å²) in [6, 6.07) is 1.15. The van der Waals surface area contributed by atoms with Crippen LogP contribution in [0.2, 0.25) is 0 Å². The molecule has 1 aliphatic heterocycles. The molecule has 4 nitrogen and oxygen atoms in total. The lowest BCUT2D eigenvalue weighted by atomic mass is 10.2. The molecule has 1 heterocycles. The highest BCUT2D eigenvalue weighted by Gasteiger charge is 2.31. The summed E-state index contributed by atoms with van der Waals surface area (Å²) in [6.45, 7) is 6.88. The lowest BCUT2D eigenvalue weighted by molar-refractivity contribution is -0.0795. The van der Waals surface area contributed by atoms with E-state index in [1.54, 1.807) is 0 Å². The molecule has 96 valence electrons. The summed E-state index contributed by atoms with van der Waals surface area (Å²) in [4.78, 5) is 9.62. The molecule has 0 aromatic heterocycles. The number of nitrogens with zero attached hydrogens (tertiary/aromatic N) is 4. The molecule has 0 amide bonds. The van der Waals surface area contributed by atoms with Crippen LogP contribution in [0.3, 0.4) is 0 Å². The number of likely N-dealkylation sites (N-methyl/N-ethyl adjacent to an activating group) is 3. The third kappa shape index (κ3) is 2.94. The molecule has 1 fully saturated rings. The Bertz CT molecular complexity index is 201. The van der Waals surface area contributed by atoms with Crippen LogP contribution in [0.4, 0.5) is 0 Å². The third-order valence-corrected chi connectivity index (χ3v) is 3.73. The zero-order valence-electron chi connectivity index (χ0n) is 11.9. The average Bonchev–Trinajstić information content (AvgIpc) is 2.15. The fraction of sp³-hybridized carbons (Fsp3) is 1.00. The molecule has 2 atom stereocenters. The van der Waals surface area contributed by atoms with Crippen molar-refractivity contribution in [2.45, 2.75) is 32.2 Å². The summed E-state index contributed by atoms with van der Waals surface area (Å²) in [7, 11) is 11.0. The Morgan fingerprint density at radius 1 is 0.875 bits per heavy atom. The molecule has 1 saturated heterocycles. The van der Waals surface area contributed by atoms with Crippen LogP contribution in [-0.4, -0.2) is 86.3 Å². The third-order valence-electron chi connectivity index (χ3n) is 3.73. The van der Waals surface area contributed by atoms with Crippen LogP contribution in [0.15, 0.2) is 0 Å². The van der Waals surface area contributed by atoms with Crippen LogP contribution < -0.4 is 0 Å². The number of hydrogen-bond acceptors (Lipinski definition) is 4. The highest BCUT2D eigenvalue weighted by molar-refractivity contribution is 4.81. The Morgan fingerprint density at radius 3 is 1.56 bits per heavy atom. The first kappa shape index (κ1) is 13.9. The molecule has 0 aromatic rings. The minimum absolute atomic E-state index is 0.388. The van der Waals surface area contributed by atoms with Crippen molar-refractivity contribution in [2.75, 3.05) is 48.3 Å². The summed E-state index contributed by atoms with van der Waals surface area (Å²) < 4.78 is 0. The zero-order chi connectivity index (χ0) is 12.5. The molecular weight excluding hydrogens is 200 g/mol. The Balaban J connectivity index is 2.88. The average molecular weight is 228 g/mol. The van der Waals surface area contributed by atoms with Gasteiger partial charge in [-0.2, -0.15) is 0 Å². The minimum atomic E-state index is 0.388. The van der Waals surface area contributed by atoms with Crippen LogP contribution in [0, 0.1) is 0 Å². The summed E-state index contributed by atoms with van der Waals surface area (Å²) in [5.41, 5.74) is 0. The molecule has 1 aliphatic rings. The van der Waals surface area contributed by atoms with Gasteiger partial charge in [0.1, 0.15) is 6.29 Å². The van der Waals surface area contributed by atoms with Crippen LogP contribution in [0.25, 0.3) is 0 Å². The van der Waals surface area contributed by atoms with Gasteiger partial charge in [-0.25, -0.2) is 0 Å². The number of hydrogen-bond donors (Lipinski definition) is 0. The second-order valence-corrected chi connectivity index (χ2v) is 5.56. The van der Waals surface area contributed by atoms with E-state index in [1.165, 1.54) is 0 Å². The lowest BCUT2D eigenvalue weighted by Gasteiger charge is -2.48. The van der Waals surface area contributed by atoms with Gasteiger partial charge in [-0.3, -0.25) is 14.7 Å².